The molecular weight excluding hydrogens is 301 g/mol. The number of nitrogens with zero attached hydrogens (tertiary/aromatic N) is 1. The summed E-state index contributed by atoms with van der Waals surface area (Å²) in [6.45, 7) is 1.88. The lowest BCUT2D eigenvalue weighted by Crippen LogP contribution is -2.41. The Balaban J connectivity index is 2.60. The largest absolute Gasteiger partial charge is 0.336 e. The van der Waals surface area contributed by atoms with Gasteiger partial charge in [0.05, 0.1) is 0 Å². The third-order valence-electron chi connectivity index (χ3n) is 2.93. The number of hydrogen-bond donors (Lipinski definition) is 1. The van der Waals surface area contributed by atoms with Crippen molar-refractivity contribution in [2.24, 2.45) is 0 Å². The van der Waals surface area contributed by atoms with Crippen molar-refractivity contribution >= 4 is 17.8 Å². The highest BCUT2D eigenvalue weighted by Gasteiger charge is 2.15. The molecule has 1 atom stereocenters. The first-order valence-corrected chi connectivity index (χ1v) is 7.88. The molecule has 0 fully saturated rings. The smallest absolute Gasteiger partial charge is 0.317 e. The third-order valence-corrected chi connectivity index (χ3v) is 3.58. The summed E-state index contributed by atoms with van der Waals surface area (Å²) in [5.41, 5.74) is 0.195. The average Bonchev–Trinajstić information content (AvgIpc) is 2.42. The molecule has 0 aliphatic heterocycles. The van der Waals surface area contributed by atoms with Crippen molar-refractivity contribution in [1.82, 2.24) is 10.2 Å². The maximum Gasteiger partial charge on any atom is 0.317 e. The molecule has 0 aromatic heterocycles. The molecule has 2 amide bonds. The van der Waals surface area contributed by atoms with Gasteiger partial charge in [-0.3, -0.25) is 0 Å². The first-order valence-electron chi connectivity index (χ1n) is 6.49. The quantitative estimate of drug-likeness (QED) is 0.815. The Morgan fingerprint density at radius 2 is 1.90 bits per heavy atom. The summed E-state index contributed by atoms with van der Waals surface area (Å²) in [4.78, 5) is 13.2. The lowest BCUT2D eigenvalue weighted by molar-refractivity contribution is 0.203. The maximum absolute atomic E-state index is 13.1. The van der Waals surface area contributed by atoms with Crippen LogP contribution in [0.15, 0.2) is 12.1 Å². The van der Waals surface area contributed by atoms with Crippen LogP contribution in [0.1, 0.15) is 18.9 Å². The van der Waals surface area contributed by atoms with Gasteiger partial charge in [0, 0.05) is 19.6 Å². The van der Waals surface area contributed by atoms with Gasteiger partial charge < -0.3 is 10.2 Å². The van der Waals surface area contributed by atoms with Crippen molar-refractivity contribution in [1.29, 1.82) is 0 Å². The van der Waals surface area contributed by atoms with Crippen LogP contribution in [-0.4, -0.2) is 36.0 Å². The summed E-state index contributed by atoms with van der Waals surface area (Å²) >= 11 is 1.69. The van der Waals surface area contributed by atoms with Gasteiger partial charge in [-0.25, -0.2) is 18.0 Å². The second kappa shape index (κ2) is 8.17. The SMILES string of the molecule is CSCC[C@@H](C)NC(=O)N(C)Cc1cc(F)c(F)c(F)c1. The molecule has 118 valence electrons. The van der Waals surface area contributed by atoms with Gasteiger partial charge in [-0.15, -0.1) is 0 Å². The Bertz CT molecular complexity index is 476. The van der Waals surface area contributed by atoms with E-state index in [1.807, 2.05) is 13.2 Å². The van der Waals surface area contributed by atoms with Crippen LogP contribution in [0, 0.1) is 17.5 Å². The summed E-state index contributed by atoms with van der Waals surface area (Å²) < 4.78 is 39.1. The number of halogens is 3. The van der Waals surface area contributed by atoms with Crippen LogP contribution in [0.4, 0.5) is 18.0 Å². The number of carbonyl (C=O) groups excluding carboxylic acids is 1. The highest BCUT2D eigenvalue weighted by Crippen LogP contribution is 2.15. The molecule has 7 heteroatoms. The molecule has 0 saturated heterocycles. The summed E-state index contributed by atoms with van der Waals surface area (Å²) in [7, 11) is 1.51. The Morgan fingerprint density at radius 3 is 2.43 bits per heavy atom. The molecule has 3 nitrogen and oxygen atoms in total. The molecule has 0 spiro atoms. The molecule has 1 aromatic rings. The molecule has 0 aliphatic carbocycles. The predicted molar refractivity (Wildman–Crippen MR) is 78.8 cm³/mol. The van der Waals surface area contributed by atoms with E-state index in [4.69, 9.17) is 0 Å². The number of hydrogen-bond acceptors (Lipinski definition) is 2. The van der Waals surface area contributed by atoms with Crippen LogP contribution in [-0.2, 0) is 6.54 Å². The number of amides is 2. The molecule has 0 heterocycles. The summed E-state index contributed by atoms with van der Waals surface area (Å²) in [5.74, 6) is -3.09. The Labute approximate surface area is 126 Å². The average molecular weight is 320 g/mol. The summed E-state index contributed by atoms with van der Waals surface area (Å²) in [6, 6.07) is 1.45. The molecule has 0 bridgehead atoms. The monoisotopic (exact) mass is 320 g/mol. The molecule has 0 saturated carbocycles. The van der Waals surface area contributed by atoms with Gasteiger partial charge in [0.1, 0.15) is 0 Å². The van der Waals surface area contributed by atoms with Gasteiger partial charge in [-0.1, -0.05) is 0 Å². The number of urea groups is 1. The fraction of sp³-hybridized carbons (Fsp3) is 0.500. The van der Waals surface area contributed by atoms with Crippen molar-refractivity contribution < 1.29 is 18.0 Å². The van der Waals surface area contributed by atoms with E-state index in [0.29, 0.717) is 0 Å². The first kappa shape index (κ1) is 17.7. The van der Waals surface area contributed by atoms with E-state index in [1.165, 1.54) is 11.9 Å². The van der Waals surface area contributed by atoms with Crippen LogP contribution < -0.4 is 5.32 Å². The topological polar surface area (TPSA) is 32.3 Å². The standard InChI is InChI=1S/C14H19F3N2OS/c1-9(4-5-21-3)18-14(20)19(2)8-10-6-11(15)13(17)12(16)7-10/h6-7,9H,4-5,8H2,1-3H3,(H,18,20)/t9-/m1/s1. The van der Waals surface area contributed by atoms with E-state index in [2.05, 4.69) is 5.32 Å². The number of nitrogens with one attached hydrogen (secondary N) is 1. The first-order chi connectivity index (χ1) is 9.85. The van der Waals surface area contributed by atoms with Gasteiger partial charge in [0.15, 0.2) is 17.5 Å². The number of carbonyl (C=O) groups is 1. The van der Waals surface area contributed by atoms with E-state index in [-0.39, 0.29) is 24.2 Å². The molecular formula is C14H19F3N2OS. The zero-order chi connectivity index (χ0) is 16.0. The van der Waals surface area contributed by atoms with Crippen molar-refractivity contribution in [3.8, 4) is 0 Å². The van der Waals surface area contributed by atoms with Crippen molar-refractivity contribution in [2.75, 3.05) is 19.1 Å². The van der Waals surface area contributed by atoms with E-state index in [0.717, 1.165) is 24.3 Å². The zero-order valence-electron chi connectivity index (χ0n) is 12.3. The van der Waals surface area contributed by atoms with Crippen LogP contribution in [0.25, 0.3) is 0 Å². The van der Waals surface area contributed by atoms with Crippen LogP contribution in [0.5, 0.6) is 0 Å². The predicted octanol–water partition coefficient (Wildman–Crippen LogP) is 3.39. The highest BCUT2D eigenvalue weighted by atomic mass is 32.2. The number of rotatable bonds is 6. The maximum atomic E-state index is 13.1. The summed E-state index contributed by atoms with van der Waals surface area (Å²) in [6.07, 6.45) is 2.82. The van der Waals surface area contributed by atoms with Gasteiger partial charge >= 0.3 is 6.03 Å². The van der Waals surface area contributed by atoms with Crippen molar-refractivity contribution in [2.45, 2.75) is 25.9 Å². The molecule has 1 N–H and O–H groups in total. The Morgan fingerprint density at radius 1 is 1.33 bits per heavy atom. The minimum atomic E-state index is -1.50. The zero-order valence-corrected chi connectivity index (χ0v) is 13.1. The molecule has 0 unspecified atom stereocenters. The van der Waals surface area contributed by atoms with Crippen LogP contribution in [0.3, 0.4) is 0 Å². The minimum Gasteiger partial charge on any atom is -0.336 e. The fourth-order valence-corrected chi connectivity index (χ4v) is 2.32. The van der Waals surface area contributed by atoms with E-state index in [9.17, 15) is 18.0 Å². The molecule has 0 aliphatic rings. The van der Waals surface area contributed by atoms with Gasteiger partial charge in [0.25, 0.3) is 0 Å². The molecule has 1 rings (SSSR count). The molecule has 1 aromatic carbocycles. The minimum absolute atomic E-state index is 0.00476. The van der Waals surface area contributed by atoms with E-state index in [1.54, 1.807) is 11.8 Å². The Kier molecular flexibility index (Phi) is 6.87. The second-order valence-corrected chi connectivity index (χ2v) is 5.85. The van der Waals surface area contributed by atoms with Crippen LogP contribution >= 0.6 is 11.8 Å². The van der Waals surface area contributed by atoms with E-state index >= 15 is 0 Å². The van der Waals surface area contributed by atoms with Gasteiger partial charge in [-0.05, 0) is 43.0 Å². The lowest BCUT2D eigenvalue weighted by Gasteiger charge is -2.21. The lowest BCUT2D eigenvalue weighted by atomic mass is 10.2. The summed E-state index contributed by atoms with van der Waals surface area (Å²) in [5, 5.41) is 2.79. The number of thioether (sulfide) groups is 1. The highest BCUT2D eigenvalue weighted by molar-refractivity contribution is 7.98. The van der Waals surface area contributed by atoms with Gasteiger partial charge in [-0.2, -0.15) is 11.8 Å². The second-order valence-electron chi connectivity index (χ2n) is 4.86. The molecule has 21 heavy (non-hydrogen) atoms. The fourth-order valence-electron chi connectivity index (χ4n) is 1.73. The van der Waals surface area contributed by atoms with Crippen molar-refractivity contribution in [3.63, 3.8) is 0 Å². The normalized spacial score (nSPS) is 12.1. The van der Waals surface area contributed by atoms with E-state index < -0.39 is 17.5 Å². The molecule has 0 radical (unpaired) electrons. The third kappa shape index (κ3) is 5.49. The van der Waals surface area contributed by atoms with Gasteiger partial charge in [0.2, 0.25) is 0 Å². The Hall–Kier alpha value is -1.37. The van der Waals surface area contributed by atoms with Crippen molar-refractivity contribution in [3.05, 3.63) is 35.1 Å². The van der Waals surface area contributed by atoms with Crippen LogP contribution in [0.2, 0.25) is 0 Å². The number of benzene rings is 1.